The van der Waals surface area contributed by atoms with Crippen LogP contribution in [-0.4, -0.2) is 11.2 Å². The van der Waals surface area contributed by atoms with Gasteiger partial charge in [0.05, 0.1) is 17.9 Å². The Hall–Kier alpha value is -2.13. The minimum atomic E-state index is -0.788. The van der Waals surface area contributed by atoms with Gasteiger partial charge in [-0.2, -0.15) is 0 Å². The first-order valence-corrected chi connectivity index (χ1v) is 11.2. The minimum Gasteiger partial charge on any atom is -0.377 e. The highest BCUT2D eigenvalue weighted by atomic mass is 35.5. The Bertz CT molecular complexity index is 825. The van der Waals surface area contributed by atoms with E-state index in [1.54, 1.807) is 6.92 Å². The molecule has 0 aliphatic rings. The molecule has 2 rings (SSSR count). The molecule has 1 aromatic carbocycles. The molecule has 30 heavy (non-hydrogen) atoms. The third kappa shape index (κ3) is 7.60. The highest BCUT2D eigenvalue weighted by molar-refractivity contribution is 6.30. The van der Waals surface area contributed by atoms with E-state index in [1.807, 2.05) is 57.3 Å². The quantitative estimate of drug-likeness (QED) is 0.409. The summed E-state index contributed by atoms with van der Waals surface area (Å²) in [4.78, 5) is 4.55. The van der Waals surface area contributed by atoms with Gasteiger partial charge >= 0.3 is 0 Å². The van der Waals surface area contributed by atoms with Gasteiger partial charge in [-0.15, -0.1) is 0 Å². The molecule has 164 valence electrons. The fraction of sp³-hybridized carbons (Fsp3) is 0.423. The van der Waals surface area contributed by atoms with E-state index in [0.29, 0.717) is 12.8 Å². The molecule has 1 aromatic heterocycles. The molecule has 0 bridgehead atoms. The highest BCUT2D eigenvalue weighted by Gasteiger charge is 2.14. The number of pyridine rings is 1. The van der Waals surface area contributed by atoms with Crippen molar-refractivity contribution in [3.63, 3.8) is 0 Å². The molecule has 2 atom stereocenters. The van der Waals surface area contributed by atoms with Crippen LogP contribution in [0.15, 0.2) is 54.9 Å². The standard InChI is InChI=1S/C24H30ClFN2.C2H6/c1-6-20-14-21(25)11-12-23(20)22(7-2)17(4)28-18(5)24-13-10-19(15-27-24)9-8-16(3)26;1-2/h7,10-16,18,28H,4,6,8-9H2,1-3,5H3;1-2H3/b22-7-;. The van der Waals surface area contributed by atoms with Gasteiger partial charge in [-0.05, 0) is 74.9 Å². The van der Waals surface area contributed by atoms with Crippen LogP contribution in [-0.2, 0) is 12.8 Å². The van der Waals surface area contributed by atoms with Gasteiger partial charge in [-0.3, -0.25) is 4.98 Å². The average molecular weight is 431 g/mol. The van der Waals surface area contributed by atoms with Gasteiger partial charge in [0.2, 0.25) is 0 Å². The average Bonchev–Trinajstić information content (AvgIpc) is 2.75. The lowest BCUT2D eigenvalue weighted by Gasteiger charge is -2.21. The zero-order chi connectivity index (χ0) is 22.7. The van der Waals surface area contributed by atoms with Gasteiger partial charge in [0.15, 0.2) is 0 Å². The predicted octanol–water partition coefficient (Wildman–Crippen LogP) is 7.88. The normalized spacial score (nSPS) is 13.1. The summed E-state index contributed by atoms with van der Waals surface area (Å²) in [5.74, 6) is 0. The van der Waals surface area contributed by atoms with Crippen LogP contribution in [0.25, 0.3) is 5.57 Å². The first-order chi connectivity index (χ1) is 14.3. The van der Waals surface area contributed by atoms with E-state index in [-0.39, 0.29) is 6.04 Å². The molecular formula is C26H36ClFN2. The molecule has 0 fully saturated rings. The molecule has 0 amide bonds. The summed E-state index contributed by atoms with van der Waals surface area (Å²) >= 11 is 6.15. The number of benzene rings is 1. The van der Waals surface area contributed by atoms with Gasteiger partial charge in [0.25, 0.3) is 0 Å². The number of rotatable bonds is 9. The lowest BCUT2D eigenvalue weighted by molar-refractivity contribution is 0.341. The van der Waals surface area contributed by atoms with Crippen molar-refractivity contribution >= 4 is 17.2 Å². The number of nitrogens with zero attached hydrogens (tertiary/aromatic N) is 1. The Labute approximate surface area is 187 Å². The molecule has 0 spiro atoms. The Kier molecular flexibility index (Phi) is 11.4. The fourth-order valence-electron chi connectivity index (χ4n) is 3.23. The fourth-order valence-corrected chi connectivity index (χ4v) is 3.42. The number of allylic oxidation sites excluding steroid dienone is 2. The van der Waals surface area contributed by atoms with E-state index < -0.39 is 6.17 Å². The highest BCUT2D eigenvalue weighted by Crippen LogP contribution is 2.28. The predicted molar refractivity (Wildman–Crippen MR) is 130 cm³/mol. The van der Waals surface area contributed by atoms with Crippen LogP contribution in [0.1, 0.15) is 76.4 Å². The van der Waals surface area contributed by atoms with Crippen LogP contribution in [0, 0.1) is 0 Å². The lowest BCUT2D eigenvalue weighted by atomic mass is 9.95. The van der Waals surface area contributed by atoms with E-state index in [2.05, 4.69) is 36.8 Å². The third-order valence-corrected chi connectivity index (χ3v) is 5.10. The maximum Gasteiger partial charge on any atom is 0.0976 e. The molecule has 0 radical (unpaired) electrons. The van der Waals surface area contributed by atoms with Gasteiger partial charge < -0.3 is 5.32 Å². The zero-order valence-electron chi connectivity index (χ0n) is 19.2. The van der Waals surface area contributed by atoms with Crippen molar-refractivity contribution in [2.75, 3.05) is 0 Å². The number of aryl methyl sites for hydroxylation is 2. The Morgan fingerprint density at radius 3 is 2.47 bits per heavy atom. The molecule has 0 aliphatic heterocycles. The van der Waals surface area contributed by atoms with Crippen LogP contribution in [0.4, 0.5) is 4.39 Å². The molecule has 4 heteroatoms. The van der Waals surface area contributed by atoms with Gasteiger partial charge in [-0.1, -0.05) is 57.2 Å². The molecule has 2 nitrogen and oxygen atoms in total. The monoisotopic (exact) mass is 430 g/mol. The van der Waals surface area contributed by atoms with E-state index in [1.165, 1.54) is 5.56 Å². The summed E-state index contributed by atoms with van der Waals surface area (Å²) in [6.07, 6.45) is 5.25. The van der Waals surface area contributed by atoms with Crippen molar-refractivity contribution in [3.05, 3.63) is 82.3 Å². The van der Waals surface area contributed by atoms with Crippen molar-refractivity contribution in [2.24, 2.45) is 0 Å². The Balaban J connectivity index is 0.00000218. The maximum atomic E-state index is 13.0. The zero-order valence-corrected chi connectivity index (χ0v) is 20.0. The van der Waals surface area contributed by atoms with Gasteiger partial charge in [0.1, 0.15) is 0 Å². The third-order valence-electron chi connectivity index (χ3n) is 4.86. The SMILES string of the molecule is C=C(NC(C)c1ccc(CCC(C)F)cn1)/C(=C/C)c1ccc(Cl)cc1CC.CC. The molecule has 1 heterocycles. The maximum absolute atomic E-state index is 13.0. The van der Waals surface area contributed by atoms with Crippen molar-refractivity contribution < 1.29 is 4.39 Å². The molecule has 0 saturated carbocycles. The molecule has 2 unspecified atom stereocenters. The number of hydrogen-bond donors (Lipinski definition) is 1. The summed E-state index contributed by atoms with van der Waals surface area (Å²) in [6, 6.07) is 10.0. The summed E-state index contributed by atoms with van der Waals surface area (Å²) in [5.41, 5.74) is 6.24. The van der Waals surface area contributed by atoms with Crippen LogP contribution in [0.3, 0.4) is 0 Å². The number of alkyl halides is 1. The van der Waals surface area contributed by atoms with Crippen LogP contribution >= 0.6 is 11.6 Å². The summed E-state index contributed by atoms with van der Waals surface area (Å²) in [6.45, 7) is 16.0. The van der Waals surface area contributed by atoms with Crippen molar-refractivity contribution in [1.29, 1.82) is 0 Å². The van der Waals surface area contributed by atoms with Crippen LogP contribution in [0.2, 0.25) is 5.02 Å². The summed E-state index contributed by atoms with van der Waals surface area (Å²) < 4.78 is 13.0. The topological polar surface area (TPSA) is 24.9 Å². The smallest absolute Gasteiger partial charge is 0.0976 e. The molecule has 2 aromatic rings. The Morgan fingerprint density at radius 2 is 1.93 bits per heavy atom. The van der Waals surface area contributed by atoms with E-state index in [4.69, 9.17) is 11.6 Å². The van der Waals surface area contributed by atoms with E-state index in [0.717, 1.165) is 39.5 Å². The molecule has 1 N–H and O–H groups in total. The van der Waals surface area contributed by atoms with E-state index in [9.17, 15) is 4.39 Å². The second kappa shape index (κ2) is 13.2. The minimum absolute atomic E-state index is 0.00831. The van der Waals surface area contributed by atoms with Gasteiger partial charge in [0, 0.05) is 22.5 Å². The Morgan fingerprint density at radius 1 is 1.23 bits per heavy atom. The number of nitrogens with one attached hydrogen (secondary N) is 1. The molecule has 0 aliphatic carbocycles. The molecular weight excluding hydrogens is 395 g/mol. The second-order valence-electron chi connectivity index (χ2n) is 7.11. The van der Waals surface area contributed by atoms with E-state index >= 15 is 0 Å². The first kappa shape index (κ1) is 25.9. The van der Waals surface area contributed by atoms with Crippen LogP contribution < -0.4 is 5.32 Å². The molecule has 0 saturated heterocycles. The van der Waals surface area contributed by atoms with Crippen LogP contribution in [0.5, 0.6) is 0 Å². The first-order valence-electron chi connectivity index (χ1n) is 10.9. The van der Waals surface area contributed by atoms with Crippen molar-refractivity contribution in [2.45, 2.75) is 73.0 Å². The van der Waals surface area contributed by atoms with Crippen molar-refractivity contribution in [1.82, 2.24) is 10.3 Å². The summed E-state index contributed by atoms with van der Waals surface area (Å²) in [7, 11) is 0. The number of hydrogen-bond acceptors (Lipinski definition) is 2. The summed E-state index contributed by atoms with van der Waals surface area (Å²) in [5, 5.41) is 4.21. The van der Waals surface area contributed by atoms with Crippen molar-refractivity contribution in [3.8, 4) is 0 Å². The number of halogens is 2. The second-order valence-corrected chi connectivity index (χ2v) is 7.55. The largest absolute Gasteiger partial charge is 0.377 e. The lowest BCUT2D eigenvalue weighted by Crippen LogP contribution is -2.19. The number of aromatic nitrogens is 1. The van der Waals surface area contributed by atoms with Gasteiger partial charge in [-0.25, -0.2) is 4.39 Å².